The predicted octanol–water partition coefficient (Wildman–Crippen LogP) is 2.43. The van der Waals surface area contributed by atoms with Gasteiger partial charge in [0.15, 0.2) is 0 Å². The molecule has 19 heavy (non-hydrogen) atoms. The maximum atomic E-state index is 12.2. The van der Waals surface area contributed by atoms with E-state index in [0.29, 0.717) is 5.69 Å². The molecule has 7 heteroatoms. The highest BCUT2D eigenvalue weighted by Gasteiger charge is 2.19. The molecule has 0 aliphatic carbocycles. The molecule has 0 fully saturated rings. The number of sulfonamides is 1. The normalized spacial score (nSPS) is 11.3. The van der Waals surface area contributed by atoms with Crippen LogP contribution in [0.4, 0.5) is 11.5 Å². The second-order valence-electron chi connectivity index (χ2n) is 3.96. The zero-order valence-corrected chi connectivity index (χ0v) is 11.7. The van der Waals surface area contributed by atoms with Crippen LogP contribution in [0, 0.1) is 6.92 Å². The average Bonchev–Trinajstić information content (AvgIpc) is 2.34. The summed E-state index contributed by atoms with van der Waals surface area (Å²) in [5.41, 5.74) is 6.80. The summed E-state index contributed by atoms with van der Waals surface area (Å²) in [6, 6.07) is 7.76. The van der Waals surface area contributed by atoms with Gasteiger partial charge in [0.2, 0.25) is 0 Å². The van der Waals surface area contributed by atoms with Crippen molar-refractivity contribution in [2.24, 2.45) is 0 Å². The zero-order chi connectivity index (χ0) is 14.0. The highest BCUT2D eigenvalue weighted by Crippen LogP contribution is 2.27. The van der Waals surface area contributed by atoms with Crippen molar-refractivity contribution in [3.8, 4) is 0 Å². The first-order valence-electron chi connectivity index (χ1n) is 5.39. The lowest BCUT2D eigenvalue weighted by Crippen LogP contribution is -2.14. The first-order valence-corrected chi connectivity index (χ1v) is 7.26. The molecule has 5 nitrogen and oxygen atoms in total. The molecule has 0 bridgehead atoms. The van der Waals surface area contributed by atoms with Crippen molar-refractivity contribution in [2.75, 3.05) is 10.5 Å². The van der Waals surface area contributed by atoms with E-state index in [1.807, 2.05) is 0 Å². The van der Waals surface area contributed by atoms with Crippen LogP contribution in [-0.4, -0.2) is 13.4 Å². The van der Waals surface area contributed by atoms with Gasteiger partial charge in [-0.05, 0) is 36.8 Å². The quantitative estimate of drug-likeness (QED) is 0.852. The molecule has 0 spiro atoms. The van der Waals surface area contributed by atoms with E-state index in [9.17, 15) is 8.42 Å². The van der Waals surface area contributed by atoms with E-state index in [1.54, 1.807) is 25.1 Å². The molecule has 0 saturated heterocycles. The second-order valence-corrected chi connectivity index (χ2v) is 6.02. The van der Waals surface area contributed by atoms with Crippen molar-refractivity contribution in [3.05, 3.63) is 47.1 Å². The third-order valence-electron chi connectivity index (χ3n) is 2.51. The van der Waals surface area contributed by atoms with Crippen LogP contribution in [-0.2, 0) is 10.0 Å². The van der Waals surface area contributed by atoms with E-state index in [0.717, 1.165) is 5.56 Å². The van der Waals surface area contributed by atoms with Gasteiger partial charge in [-0.2, -0.15) is 0 Å². The van der Waals surface area contributed by atoms with E-state index >= 15 is 0 Å². The molecule has 0 saturated carbocycles. The number of nitrogens with one attached hydrogen (secondary N) is 1. The van der Waals surface area contributed by atoms with E-state index in [-0.39, 0.29) is 15.7 Å². The first-order chi connectivity index (χ1) is 8.90. The molecular weight excluding hydrogens is 286 g/mol. The number of nitrogen functional groups attached to an aromatic ring is 1. The maximum absolute atomic E-state index is 12.2. The van der Waals surface area contributed by atoms with Gasteiger partial charge in [0.1, 0.15) is 10.7 Å². The summed E-state index contributed by atoms with van der Waals surface area (Å²) < 4.78 is 26.7. The lowest BCUT2D eigenvalue weighted by atomic mass is 10.2. The van der Waals surface area contributed by atoms with Crippen LogP contribution in [0.2, 0.25) is 5.02 Å². The van der Waals surface area contributed by atoms with Gasteiger partial charge < -0.3 is 5.73 Å². The van der Waals surface area contributed by atoms with Crippen LogP contribution in [0.3, 0.4) is 0 Å². The van der Waals surface area contributed by atoms with Crippen molar-refractivity contribution in [2.45, 2.75) is 11.8 Å². The molecule has 2 aromatic rings. The Morgan fingerprint density at radius 1 is 1.32 bits per heavy atom. The number of rotatable bonds is 3. The molecule has 1 heterocycles. The number of halogens is 1. The Balaban J connectivity index is 2.43. The molecule has 100 valence electrons. The molecule has 0 atom stereocenters. The molecule has 1 aromatic heterocycles. The Kier molecular flexibility index (Phi) is 3.64. The Morgan fingerprint density at radius 3 is 2.68 bits per heavy atom. The third kappa shape index (κ3) is 2.97. The lowest BCUT2D eigenvalue weighted by molar-refractivity contribution is 0.601. The Hall–Kier alpha value is -1.79. The SMILES string of the molecule is Cc1cc(Cl)c(S(=O)(=O)Nc2ccccn2)cc1N. The number of anilines is 2. The number of pyridine rings is 1. The summed E-state index contributed by atoms with van der Waals surface area (Å²) in [7, 11) is -3.81. The minimum atomic E-state index is -3.81. The van der Waals surface area contributed by atoms with Gasteiger partial charge in [0, 0.05) is 11.9 Å². The number of aromatic nitrogens is 1. The third-order valence-corrected chi connectivity index (χ3v) is 4.33. The molecule has 0 radical (unpaired) electrons. The number of nitrogens with two attached hydrogens (primary N) is 1. The van der Waals surface area contributed by atoms with Gasteiger partial charge in [-0.1, -0.05) is 17.7 Å². The topological polar surface area (TPSA) is 85.1 Å². The number of benzene rings is 1. The molecule has 2 rings (SSSR count). The van der Waals surface area contributed by atoms with Gasteiger partial charge in [-0.25, -0.2) is 13.4 Å². The summed E-state index contributed by atoms with van der Waals surface area (Å²) >= 11 is 5.96. The van der Waals surface area contributed by atoms with E-state index < -0.39 is 10.0 Å². The summed E-state index contributed by atoms with van der Waals surface area (Å²) in [6.45, 7) is 1.75. The Labute approximate surface area is 116 Å². The van der Waals surface area contributed by atoms with Gasteiger partial charge in [0.25, 0.3) is 10.0 Å². The molecule has 3 N–H and O–H groups in total. The fraction of sp³-hybridized carbons (Fsp3) is 0.0833. The average molecular weight is 298 g/mol. The Morgan fingerprint density at radius 2 is 2.05 bits per heavy atom. The largest absolute Gasteiger partial charge is 0.398 e. The molecule has 1 aromatic carbocycles. The van der Waals surface area contributed by atoms with Gasteiger partial charge in [-0.3, -0.25) is 4.72 Å². The van der Waals surface area contributed by atoms with Crippen LogP contribution in [0.15, 0.2) is 41.4 Å². The second kappa shape index (κ2) is 5.07. The van der Waals surface area contributed by atoms with E-state index in [4.69, 9.17) is 17.3 Å². The van der Waals surface area contributed by atoms with Crippen LogP contribution in [0.25, 0.3) is 0 Å². The lowest BCUT2D eigenvalue weighted by Gasteiger charge is -2.10. The minimum absolute atomic E-state index is 0.0667. The predicted molar refractivity (Wildman–Crippen MR) is 75.6 cm³/mol. The van der Waals surface area contributed by atoms with Crippen LogP contribution < -0.4 is 10.5 Å². The van der Waals surface area contributed by atoms with Gasteiger partial charge in [-0.15, -0.1) is 0 Å². The fourth-order valence-electron chi connectivity index (χ4n) is 1.49. The summed E-state index contributed by atoms with van der Waals surface area (Å²) in [6.07, 6.45) is 1.49. The van der Waals surface area contributed by atoms with E-state index in [1.165, 1.54) is 18.3 Å². The molecule has 0 aliphatic rings. The summed E-state index contributed by atoms with van der Waals surface area (Å²) in [5, 5.41) is 0.120. The molecule has 0 amide bonds. The van der Waals surface area contributed by atoms with Crippen molar-refractivity contribution >= 4 is 33.1 Å². The fourth-order valence-corrected chi connectivity index (χ4v) is 3.12. The van der Waals surface area contributed by atoms with Crippen LogP contribution in [0.5, 0.6) is 0 Å². The van der Waals surface area contributed by atoms with E-state index in [2.05, 4.69) is 9.71 Å². The number of hydrogen-bond donors (Lipinski definition) is 2. The number of aryl methyl sites for hydroxylation is 1. The summed E-state index contributed by atoms with van der Waals surface area (Å²) in [5.74, 6) is 0.220. The van der Waals surface area contributed by atoms with Crippen molar-refractivity contribution in [3.63, 3.8) is 0 Å². The standard InChI is InChI=1S/C12H12ClN3O2S/c1-8-6-9(13)11(7-10(8)14)19(17,18)16-12-4-2-3-5-15-12/h2-7H,14H2,1H3,(H,15,16). The molecular formula is C12H12ClN3O2S. The van der Waals surface area contributed by atoms with Crippen LogP contribution >= 0.6 is 11.6 Å². The monoisotopic (exact) mass is 297 g/mol. The first kappa shape index (κ1) is 13.6. The maximum Gasteiger partial charge on any atom is 0.264 e. The molecule has 0 aliphatic heterocycles. The number of hydrogen-bond acceptors (Lipinski definition) is 4. The van der Waals surface area contributed by atoms with Gasteiger partial charge >= 0.3 is 0 Å². The van der Waals surface area contributed by atoms with Crippen LogP contribution in [0.1, 0.15) is 5.56 Å². The highest BCUT2D eigenvalue weighted by atomic mass is 35.5. The van der Waals surface area contributed by atoms with Crippen molar-refractivity contribution < 1.29 is 8.42 Å². The summed E-state index contributed by atoms with van der Waals surface area (Å²) in [4.78, 5) is 3.83. The number of nitrogens with zero attached hydrogens (tertiary/aromatic N) is 1. The van der Waals surface area contributed by atoms with Crippen molar-refractivity contribution in [1.29, 1.82) is 0 Å². The molecule has 0 unspecified atom stereocenters. The Bertz CT molecular complexity index is 702. The van der Waals surface area contributed by atoms with Gasteiger partial charge in [0.05, 0.1) is 5.02 Å². The minimum Gasteiger partial charge on any atom is -0.398 e. The van der Waals surface area contributed by atoms with Crippen molar-refractivity contribution in [1.82, 2.24) is 4.98 Å². The highest BCUT2D eigenvalue weighted by molar-refractivity contribution is 7.92. The smallest absolute Gasteiger partial charge is 0.264 e. The zero-order valence-electron chi connectivity index (χ0n) is 10.1.